The molecule has 7 heteroatoms. The molecule has 1 heterocycles. The van der Waals surface area contributed by atoms with Crippen LogP contribution in [0.25, 0.3) is 0 Å². The third-order valence-corrected chi connectivity index (χ3v) is 2.99. The smallest absolute Gasteiger partial charge is 0.414 e. The van der Waals surface area contributed by atoms with Crippen molar-refractivity contribution >= 4 is 34.2 Å². The minimum atomic E-state index is -0.806. The van der Waals surface area contributed by atoms with Gasteiger partial charge in [0.05, 0.1) is 12.2 Å². The number of rotatable bonds is 4. The van der Waals surface area contributed by atoms with E-state index in [1.54, 1.807) is 26.2 Å². The van der Waals surface area contributed by atoms with Crippen LogP contribution in [0.3, 0.4) is 0 Å². The molecule has 0 saturated heterocycles. The highest BCUT2D eigenvalue weighted by Gasteiger charge is 2.18. The summed E-state index contributed by atoms with van der Waals surface area (Å²) < 4.78 is 4.61. The van der Waals surface area contributed by atoms with Gasteiger partial charge in [-0.05, 0) is 18.4 Å². The number of nitrogens with one attached hydrogen (secondary N) is 2. The Bertz CT molecular complexity index is 482. The second kappa shape index (κ2) is 6.89. The Balaban J connectivity index is 2.74. The zero-order valence-corrected chi connectivity index (χ0v) is 11.8. The predicted octanol–water partition coefficient (Wildman–Crippen LogP) is 2.23. The maximum atomic E-state index is 11.8. The molecule has 1 rings (SSSR count). The lowest BCUT2D eigenvalue weighted by atomic mass is 10.2. The van der Waals surface area contributed by atoms with Gasteiger partial charge in [0, 0.05) is 5.92 Å². The van der Waals surface area contributed by atoms with Gasteiger partial charge in [-0.15, -0.1) is 11.3 Å². The normalized spacial score (nSPS) is 10.1. The average Bonchev–Trinajstić information content (AvgIpc) is 2.77. The fraction of sp³-hybridized carbons (Fsp3) is 0.417. The molecule has 6 nitrogen and oxygen atoms in total. The number of alkyl carbamates (subject to hydrolysis) is 1. The molecule has 0 aliphatic carbocycles. The number of hydrogen-bond donors (Lipinski definition) is 2. The number of amides is 3. The molecule has 0 aliphatic rings. The van der Waals surface area contributed by atoms with Crippen molar-refractivity contribution in [1.29, 1.82) is 0 Å². The molecule has 0 saturated carbocycles. The van der Waals surface area contributed by atoms with Gasteiger partial charge >= 0.3 is 6.09 Å². The van der Waals surface area contributed by atoms with Crippen LogP contribution in [0.4, 0.5) is 9.80 Å². The zero-order chi connectivity index (χ0) is 14.4. The van der Waals surface area contributed by atoms with Gasteiger partial charge in [0.2, 0.25) is 5.91 Å². The van der Waals surface area contributed by atoms with Crippen LogP contribution in [0.15, 0.2) is 11.4 Å². The van der Waals surface area contributed by atoms with Gasteiger partial charge in [-0.25, -0.2) is 4.79 Å². The van der Waals surface area contributed by atoms with Crippen LogP contribution in [0.1, 0.15) is 31.1 Å². The Kier molecular flexibility index (Phi) is 5.50. The molecule has 0 unspecified atom stereocenters. The van der Waals surface area contributed by atoms with Crippen molar-refractivity contribution in [1.82, 2.24) is 5.32 Å². The second-order valence-electron chi connectivity index (χ2n) is 3.98. The van der Waals surface area contributed by atoms with Crippen molar-refractivity contribution in [2.45, 2.75) is 20.8 Å². The SMILES string of the molecule is CCOC(=O)NC(=O)c1ccsc1NC(=O)C(C)C. The topological polar surface area (TPSA) is 84.5 Å². The quantitative estimate of drug-likeness (QED) is 0.888. The lowest BCUT2D eigenvalue weighted by Crippen LogP contribution is -2.31. The largest absolute Gasteiger partial charge is 0.450 e. The molecule has 19 heavy (non-hydrogen) atoms. The van der Waals surface area contributed by atoms with Crippen molar-refractivity contribution < 1.29 is 19.1 Å². The van der Waals surface area contributed by atoms with Crippen molar-refractivity contribution in [2.24, 2.45) is 5.92 Å². The lowest BCUT2D eigenvalue weighted by molar-refractivity contribution is -0.118. The van der Waals surface area contributed by atoms with Gasteiger partial charge < -0.3 is 10.1 Å². The maximum absolute atomic E-state index is 11.8. The second-order valence-corrected chi connectivity index (χ2v) is 4.90. The van der Waals surface area contributed by atoms with Crippen LogP contribution >= 0.6 is 11.3 Å². The average molecular weight is 284 g/mol. The minimum absolute atomic E-state index is 0.180. The van der Waals surface area contributed by atoms with Crippen LogP contribution in [-0.4, -0.2) is 24.5 Å². The molecule has 0 spiro atoms. The minimum Gasteiger partial charge on any atom is -0.450 e. The van der Waals surface area contributed by atoms with Crippen LogP contribution in [0.5, 0.6) is 0 Å². The molecule has 104 valence electrons. The van der Waals surface area contributed by atoms with Crippen LogP contribution in [-0.2, 0) is 9.53 Å². The van der Waals surface area contributed by atoms with Gasteiger partial charge in [0.25, 0.3) is 5.91 Å². The predicted molar refractivity (Wildman–Crippen MR) is 72.3 cm³/mol. The molecule has 1 aromatic rings. The summed E-state index contributed by atoms with van der Waals surface area (Å²) in [6.07, 6.45) is -0.806. The first kappa shape index (κ1) is 15.2. The van der Waals surface area contributed by atoms with Crippen molar-refractivity contribution in [3.05, 3.63) is 17.0 Å². The van der Waals surface area contributed by atoms with Gasteiger partial charge in [-0.1, -0.05) is 13.8 Å². The van der Waals surface area contributed by atoms with E-state index >= 15 is 0 Å². The Labute approximate surface area is 115 Å². The monoisotopic (exact) mass is 284 g/mol. The van der Waals surface area contributed by atoms with Crippen LogP contribution < -0.4 is 10.6 Å². The summed E-state index contributed by atoms with van der Waals surface area (Å²) in [6, 6.07) is 1.54. The first-order valence-electron chi connectivity index (χ1n) is 5.82. The number of thiophene rings is 1. The molecule has 0 aliphatic heterocycles. The Morgan fingerprint density at radius 1 is 1.37 bits per heavy atom. The summed E-state index contributed by atoms with van der Waals surface area (Å²) in [5.41, 5.74) is 0.243. The van der Waals surface area contributed by atoms with E-state index in [4.69, 9.17) is 0 Å². The van der Waals surface area contributed by atoms with E-state index in [0.29, 0.717) is 5.00 Å². The van der Waals surface area contributed by atoms with Crippen LogP contribution in [0.2, 0.25) is 0 Å². The molecule has 2 N–H and O–H groups in total. The van der Waals surface area contributed by atoms with E-state index < -0.39 is 12.0 Å². The molecule has 1 aromatic heterocycles. The van der Waals surface area contributed by atoms with Gasteiger partial charge in [-0.3, -0.25) is 14.9 Å². The number of imide groups is 1. The van der Waals surface area contributed by atoms with E-state index in [2.05, 4.69) is 15.4 Å². The highest BCUT2D eigenvalue weighted by atomic mass is 32.1. The Morgan fingerprint density at radius 3 is 2.63 bits per heavy atom. The van der Waals surface area contributed by atoms with Crippen molar-refractivity contribution in [3.8, 4) is 0 Å². The van der Waals surface area contributed by atoms with Crippen molar-refractivity contribution in [3.63, 3.8) is 0 Å². The Hall–Kier alpha value is -1.89. The van der Waals surface area contributed by atoms with E-state index in [9.17, 15) is 14.4 Å². The summed E-state index contributed by atoms with van der Waals surface area (Å²) in [5, 5.41) is 6.80. The number of hydrogen-bond acceptors (Lipinski definition) is 5. The molecule has 3 amide bonds. The summed E-state index contributed by atoms with van der Waals surface area (Å²) in [6.45, 7) is 5.32. The number of ether oxygens (including phenoxy) is 1. The van der Waals surface area contributed by atoms with Crippen LogP contribution in [0, 0.1) is 5.92 Å². The highest BCUT2D eigenvalue weighted by molar-refractivity contribution is 7.14. The standard InChI is InChI=1S/C12H16N2O4S/c1-4-18-12(17)14-10(16)8-5-6-19-11(8)13-9(15)7(2)3/h5-7H,4H2,1-3H3,(H,13,15)(H,14,16,17). The molecule has 0 fully saturated rings. The number of anilines is 1. The third-order valence-electron chi connectivity index (χ3n) is 2.16. The fourth-order valence-corrected chi connectivity index (χ4v) is 1.96. The molecule has 0 bridgehead atoms. The maximum Gasteiger partial charge on any atom is 0.414 e. The van der Waals surface area contributed by atoms with Gasteiger partial charge in [0.15, 0.2) is 0 Å². The summed E-state index contributed by atoms with van der Waals surface area (Å²) in [7, 11) is 0. The summed E-state index contributed by atoms with van der Waals surface area (Å²) in [5.74, 6) is -0.977. The lowest BCUT2D eigenvalue weighted by Gasteiger charge is -2.08. The Morgan fingerprint density at radius 2 is 2.05 bits per heavy atom. The molecular weight excluding hydrogens is 268 g/mol. The van der Waals surface area contributed by atoms with E-state index in [0.717, 1.165) is 0 Å². The molecule has 0 radical (unpaired) electrons. The van der Waals surface area contributed by atoms with Gasteiger partial charge in [-0.2, -0.15) is 0 Å². The number of carbonyl (C=O) groups excluding carboxylic acids is 3. The number of carbonyl (C=O) groups is 3. The summed E-state index contributed by atoms with van der Waals surface area (Å²) in [4.78, 5) is 34.5. The molecule has 0 atom stereocenters. The van der Waals surface area contributed by atoms with Gasteiger partial charge in [0.1, 0.15) is 5.00 Å². The first-order chi connectivity index (χ1) is 8.95. The molecular formula is C12H16N2O4S. The van der Waals surface area contributed by atoms with Crippen molar-refractivity contribution in [2.75, 3.05) is 11.9 Å². The summed E-state index contributed by atoms with van der Waals surface area (Å²) >= 11 is 1.22. The third kappa shape index (κ3) is 4.36. The van der Waals surface area contributed by atoms with E-state index in [1.807, 2.05) is 0 Å². The van der Waals surface area contributed by atoms with E-state index in [1.165, 1.54) is 17.4 Å². The van der Waals surface area contributed by atoms with E-state index in [-0.39, 0.29) is 24.0 Å². The first-order valence-corrected chi connectivity index (χ1v) is 6.70. The highest BCUT2D eigenvalue weighted by Crippen LogP contribution is 2.23. The fourth-order valence-electron chi connectivity index (χ4n) is 1.17. The zero-order valence-electron chi connectivity index (χ0n) is 11.0. The molecule has 0 aromatic carbocycles.